The normalized spacial score (nSPS) is 14.6. The zero-order chi connectivity index (χ0) is 18.0. The van der Waals surface area contributed by atoms with Crippen LogP contribution < -0.4 is 4.90 Å². The third-order valence-electron chi connectivity index (χ3n) is 4.22. The molecule has 0 atom stereocenters. The second-order valence-electron chi connectivity index (χ2n) is 7.64. The molecule has 0 saturated carbocycles. The van der Waals surface area contributed by atoms with Crippen LogP contribution in [0.5, 0.6) is 0 Å². The van der Waals surface area contributed by atoms with Crippen molar-refractivity contribution in [2.45, 2.75) is 52.6 Å². The Morgan fingerprint density at radius 2 is 1.96 bits per heavy atom. The fraction of sp³-hybridized carbons (Fsp3) is 0.429. The van der Waals surface area contributed by atoms with Gasteiger partial charge in [0.1, 0.15) is 11.4 Å². The number of carbonyl (C=O) groups excluding carboxylic acids is 1. The Balaban J connectivity index is 2.00. The van der Waals surface area contributed by atoms with Crippen LogP contribution in [0.1, 0.15) is 44.7 Å². The highest BCUT2D eigenvalue weighted by Gasteiger charge is 2.27. The van der Waals surface area contributed by atoms with Crippen molar-refractivity contribution in [3.05, 3.63) is 47.5 Å². The van der Waals surface area contributed by atoms with Gasteiger partial charge in [-0.2, -0.15) is 0 Å². The Labute approximate surface area is 149 Å². The van der Waals surface area contributed by atoms with Crippen molar-refractivity contribution < 1.29 is 9.53 Å². The quantitative estimate of drug-likeness (QED) is 0.723. The van der Waals surface area contributed by atoms with E-state index in [1.165, 1.54) is 5.56 Å². The Bertz CT molecular complexity index is 778. The summed E-state index contributed by atoms with van der Waals surface area (Å²) in [4.78, 5) is 19.2. The smallest absolute Gasteiger partial charge is 0.416 e. The van der Waals surface area contributed by atoms with Gasteiger partial charge in [0.05, 0.1) is 5.69 Å². The average molecular weight is 338 g/mol. The molecule has 1 aromatic heterocycles. The van der Waals surface area contributed by atoms with Crippen molar-refractivity contribution in [2.75, 3.05) is 11.4 Å². The summed E-state index contributed by atoms with van der Waals surface area (Å²) < 4.78 is 5.60. The minimum atomic E-state index is -0.516. The highest BCUT2D eigenvalue weighted by Crippen LogP contribution is 2.29. The number of anilines is 1. The van der Waals surface area contributed by atoms with Crippen LogP contribution in [0.25, 0.3) is 11.3 Å². The van der Waals surface area contributed by atoms with E-state index in [1.54, 1.807) is 4.90 Å². The molecule has 4 nitrogen and oxygen atoms in total. The molecule has 25 heavy (non-hydrogen) atoms. The van der Waals surface area contributed by atoms with E-state index >= 15 is 0 Å². The van der Waals surface area contributed by atoms with E-state index in [0.29, 0.717) is 6.54 Å². The Hall–Kier alpha value is -2.36. The maximum Gasteiger partial charge on any atom is 0.416 e. The first-order valence-electron chi connectivity index (χ1n) is 8.91. The molecule has 2 heterocycles. The molecule has 0 bridgehead atoms. The first-order chi connectivity index (χ1) is 11.8. The van der Waals surface area contributed by atoms with Gasteiger partial charge in [0.15, 0.2) is 0 Å². The van der Waals surface area contributed by atoms with Gasteiger partial charge in [-0.1, -0.05) is 29.8 Å². The fourth-order valence-corrected chi connectivity index (χ4v) is 3.06. The number of aryl methyl sites for hydroxylation is 2. The number of pyridine rings is 1. The molecule has 1 amide bonds. The second kappa shape index (κ2) is 6.87. The molecule has 1 aliphatic rings. The number of hydrogen-bond acceptors (Lipinski definition) is 3. The van der Waals surface area contributed by atoms with Crippen molar-refractivity contribution in [2.24, 2.45) is 0 Å². The molecule has 0 aliphatic carbocycles. The van der Waals surface area contributed by atoms with E-state index in [-0.39, 0.29) is 6.09 Å². The lowest BCUT2D eigenvalue weighted by atomic mass is 10.1. The van der Waals surface area contributed by atoms with Crippen LogP contribution >= 0.6 is 0 Å². The lowest BCUT2D eigenvalue weighted by Gasteiger charge is -2.27. The zero-order valence-electron chi connectivity index (χ0n) is 15.5. The number of aromatic nitrogens is 1. The molecule has 0 unspecified atom stereocenters. The van der Waals surface area contributed by atoms with Gasteiger partial charge in [0, 0.05) is 12.1 Å². The lowest BCUT2D eigenvalue weighted by molar-refractivity contribution is 0.0579. The fourth-order valence-electron chi connectivity index (χ4n) is 3.06. The topological polar surface area (TPSA) is 42.4 Å². The van der Waals surface area contributed by atoms with Crippen LogP contribution in [0.4, 0.5) is 10.6 Å². The van der Waals surface area contributed by atoms with Gasteiger partial charge in [-0.05, 0) is 64.7 Å². The summed E-state index contributed by atoms with van der Waals surface area (Å²) in [7, 11) is 0. The summed E-state index contributed by atoms with van der Waals surface area (Å²) in [6.07, 6.45) is 2.63. The SMILES string of the molecule is Cc1cccc(-c2ccc3c(n2)N(C(=O)OC(C)(C)C)CCCC3)c1. The summed E-state index contributed by atoms with van der Waals surface area (Å²) in [5.41, 5.74) is 3.74. The van der Waals surface area contributed by atoms with Gasteiger partial charge in [-0.3, -0.25) is 4.90 Å². The highest BCUT2D eigenvalue weighted by molar-refractivity contribution is 5.88. The van der Waals surface area contributed by atoms with Crippen LogP contribution in [0.15, 0.2) is 36.4 Å². The maximum absolute atomic E-state index is 12.7. The van der Waals surface area contributed by atoms with Crippen molar-refractivity contribution >= 4 is 11.9 Å². The molecule has 0 saturated heterocycles. The molecule has 132 valence electrons. The molecule has 0 radical (unpaired) electrons. The van der Waals surface area contributed by atoms with Crippen molar-refractivity contribution in [1.82, 2.24) is 4.98 Å². The van der Waals surface area contributed by atoms with Gasteiger partial charge in [-0.15, -0.1) is 0 Å². The van der Waals surface area contributed by atoms with Crippen LogP contribution in [0.2, 0.25) is 0 Å². The minimum Gasteiger partial charge on any atom is -0.443 e. The third-order valence-corrected chi connectivity index (χ3v) is 4.22. The number of ether oxygens (including phenoxy) is 1. The molecule has 1 aromatic carbocycles. The zero-order valence-corrected chi connectivity index (χ0v) is 15.5. The molecule has 0 fully saturated rings. The molecule has 0 N–H and O–H groups in total. The number of nitrogens with zero attached hydrogens (tertiary/aromatic N) is 2. The highest BCUT2D eigenvalue weighted by atomic mass is 16.6. The summed E-state index contributed by atoms with van der Waals surface area (Å²) in [6.45, 7) is 8.38. The average Bonchev–Trinajstić information content (AvgIpc) is 2.75. The molecule has 2 aromatic rings. The molecule has 4 heteroatoms. The largest absolute Gasteiger partial charge is 0.443 e. The van der Waals surface area contributed by atoms with E-state index < -0.39 is 5.60 Å². The number of carbonyl (C=O) groups is 1. The lowest BCUT2D eigenvalue weighted by Crippen LogP contribution is -2.38. The number of amides is 1. The van der Waals surface area contributed by atoms with E-state index in [9.17, 15) is 4.79 Å². The maximum atomic E-state index is 12.7. The minimum absolute atomic E-state index is 0.315. The van der Waals surface area contributed by atoms with Crippen LogP contribution in [-0.2, 0) is 11.2 Å². The van der Waals surface area contributed by atoms with Crippen molar-refractivity contribution in [3.8, 4) is 11.3 Å². The molecular weight excluding hydrogens is 312 g/mol. The number of benzene rings is 1. The monoisotopic (exact) mass is 338 g/mol. The van der Waals surface area contributed by atoms with Gasteiger partial charge >= 0.3 is 6.09 Å². The van der Waals surface area contributed by atoms with Crippen molar-refractivity contribution in [1.29, 1.82) is 0 Å². The summed E-state index contributed by atoms with van der Waals surface area (Å²) in [5.74, 6) is 0.741. The summed E-state index contributed by atoms with van der Waals surface area (Å²) in [6, 6.07) is 12.4. The Kier molecular flexibility index (Phi) is 4.80. The first kappa shape index (κ1) is 17.5. The summed E-state index contributed by atoms with van der Waals surface area (Å²) in [5, 5.41) is 0. The number of fused-ring (bicyclic) bond motifs is 1. The van der Waals surface area contributed by atoms with Gasteiger partial charge in [-0.25, -0.2) is 9.78 Å². The van der Waals surface area contributed by atoms with Crippen LogP contribution in [0.3, 0.4) is 0 Å². The van der Waals surface area contributed by atoms with Gasteiger partial charge in [0.25, 0.3) is 0 Å². The third kappa shape index (κ3) is 4.19. The molecular formula is C21H26N2O2. The second-order valence-corrected chi connectivity index (χ2v) is 7.64. The van der Waals surface area contributed by atoms with E-state index in [1.807, 2.05) is 32.9 Å². The molecule has 3 rings (SSSR count). The predicted molar refractivity (Wildman–Crippen MR) is 101 cm³/mol. The standard InChI is InChI=1S/C21H26N2O2/c1-15-8-7-10-17(14-15)18-12-11-16-9-5-6-13-23(19(16)22-18)20(24)25-21(2,3)4/h7-8,10-12,14H,5-6,9,13H2,1-4H3. The molecule has 1 aliphatic heterocycles. The summed E-state index contributed by atoms with van der Waals surface area (Å²) >= 11 is 0. The van der Waals surface area contributed by atoms with Crippen molar-refractivity contribution in [3.63, 3.8) is 0 Å². The first-order valence-corrected chi connectivity index (χ1v) is 8.91. The molecule has 0 spiro atoms. The Morgan fingerprint density at radius 1 is 1.16 bits per heavy atom. The number of hydrogen-bond donors (Lipinski definition) is 0. The number of rotatable bonds is 1. The van der Waals surface area contributed by atoms with E-state index in [4.69, 9.17) is 9.72 Å². The van der Waals surface area contributed by atoms with E-state index in [0.717, 1.165) is 41.9 Å². The van der Waals surface area contributed by atoms with Crippen LogP contribution in [-0.4, -0.2) is 23.2 Å². The Morgan fingerprint density at radius 3 is 2.68 bits per heavy atom. The van der Waals surface area contributed by atoms with Gasteiger partial charge < -0.3 is 4.74 Å². The predicted octanol–water partition coefficient (Wildman–Crippen LogP) is 5.13. The van der Waals surface area contributed by atoms with Gasteiger partial charge in [0.2, 0.25) is 0 Å². The van der Waals surface area contributed by atoms with E-state index in [2.05, 4.69) is 31.2 Å². The van der Waals surface area contributed by atoms with Crippen LogP contribution in [0, 0.1) is 6.92 Å².